The largest absolute Gasteiger partial charge is 0.480 e. The van der Waals surface area contributed by atoms with Gasteiger partial charge in [0.15, 0.2) is 0 Å². The predicted molar refractivity (Wildman–Crippen MR) is 289 cm³/mol. The van der Waals surface area contributed by atoms with E-state index >= 15 is 4.39 Å². The van der Waals surface area contributed by atoms with E-state index in [1.807, 2.05) is 51.1 Å². The number of carbonyl (C=O) groups is 9. The van der Waals surface area contributed by atoms with Crippen molar-refractivity contribution in [3.8, 4) is 11.3 Å². The van der Waals surface area contributed by atoms with Crippen LogP contribution in [0.3, 0.4) is 0 Å². The third-order valence-corrected chi connectivity index (χ3v) is 14.5. The average Bonchev–Trinajstić information content (AvgIpc) is 3.95. The summed E-state index contributed by atoms with van der Waals surface area (Å²) in [5.41, 5.74) is 12.0. The highest BCUT2D eigenvalue weighted by Gasteiger charge is 2.40. The molecule has 2 heterocycles. The topological polar surface area (TPSA) is 339 Å². The first-order chi connectivity index (χ1) is 37.2. The Bertz CT molecular complexity index is 2620. The summed E-state index contributed by atoms with van der Waals surface area (Å²) in [4.78, 5) is 122. The van der Waals surface area contributed by atoms with E-state index in [1.54, 1.807) is 24.6 Å². The summed E-state index contributed by atoms with van der Waals surface area (Å²) >= 11 is 1.03. The van der Waals surface area contributed by atoms with Crippen molar-refractivity contribution in [1.29, 1.82) is 0 Å². The number of nitrogens with two attached hydrogens (primary N) is 2. The van der Waals surface area contributed by atoms with Gasteiger partial charge in [0.2, 0.25) is 41.4 Å². The number of carboxylic acid groups (broad SMARTS) is 2. The van der Waals surface area contributed by atoms with Gasteiger partial charge in [0.05, 0.1) is 23.0 Å². The number of nitrogens with one attached hydrogen (secondary N) is 4. The monoisotopic (exact) mass is 1130 g/mol. The van der Waals surface area contributed by atoms with Gasteiger partial charge in [-0.3, -0.25) is 43.3 Å². The number of imide groups is 1. The highest BCUT2D eigenvalue weighted by atomic mass is 32.2. The molecule has 79 heavy (non-hydrogen) atoms. The SMILES string of the molecule is CC(C)[C@H](NC(=O)CCCCCN1C(=O)CC(SC[C@H](N)C(=O)O)C1=O)C(=O)N[C@@H](C)C(=O)N[C@@H](CCCCNC(=O)[C@@H](N)CCN(C(=O)CO)[C@@H](c1nc(-c2cc(F)ccc2F)cn1Cc1ccccc1)C(C)(C)C)C(=O)O. The molecule has 0 spiro atoms. The molecule has 25 heteroatoms. The van der Waals surface area contributed by atoms with E-state index < -0.39 is 118 Å². The van der Waals surface area contributed by atoms with Gasteiger partial charge in [-0.1, -0.05) is 71.4 Å². The zero-order valence-electron chi connectivity index (χ0n) is 45.5. The quantitative estimate of drug-likeness (QED) is 0.0321. The van der Waals surface area contributed by atoms with Crippen LogP contribution >= 0.6 is 11.8 Å². The number of hydrogen-bond acceptors (Lipinski definition) is 14. The van der Waals surface area contributed by atoms with Gasteiger partial charge in [-0.15, -0.1) is 11.8 Å². The van der Waals surface area contributed by atoms with Crippen LogP contribution in [-0.2, 0) is 49.7 Å². The number of rotatable bonds is 32. The van der Waals surface area contributed by atoms with Crippen molar-refractivity contribution in [1.82, 2.24) is 40.6 Å². The zero-order valence-corrected chi connectivity index (χ0v) is 46.4. The van der Waals surface area contributed by atoms with Gasteiger partial charge in [0, 0.05) is 56.5 Å². The molecule has 0 radical (unpaired) electrons. The van der Waals surface area contributed by atoms with Crippen molar-refractivity contribution in [2.75, 3.05) is 32.0 Å². The first-order valence-corrected chi connectivity index (χ1v) is 27.4. The molecule has 22 nitrogen and oxygen atoms in total. The third-order valence-electron chi connectivity index (χ3n) is 13.2. The second kappa shape index (κ2) is 30.5. The van der Waals surface area contributed by atoms with Crippen LogP contribution in [0.15, 0.2) is 54.7 Å². The van der Waals surface area contributed by atoms with E-state index in [2.05, 4.69) is 21.3 Å². The smallest absolute Gasteiger partial charge is 0.326 e. The number of carboxylic acids is 2. The average molecular weight is 1130 g/mol. The molecule has 434 valence electrons. The number of halogens is 2. The van der Waals surface area contributed by atoms with Gasteiger partial charge in [-0.25, -0.2) is 18.6 Å². The van der Waals surface area contributed by atoms with Crippen LogP contribution in [0.4, 0.5) is 8.78 Å². The molecule has 0 aliphatic carbocycles. The minimum absolute atomic E-state index is 0.0189. The maximum absolute atomic E-state index is 15.1. The molecule has 1 fully saturated rings. The standard InChI is InChI=1S/C54H76F2N10O12S/c1-31(2)45(63-42(68)18-11-8-14-23-66-43(69)26-41(51(66)74)79-30-38(58)52(75)76)50(73)60-32(3)48(71)62-39(53(77)78)17-12-13-22-59-49(72)37(57)21-24-65(44(70)29-67)46(54(4,5)6)47-61-40(35-25-34(55)19-20-36(35)56)28-64(47)27-33-15-9-7-10-16-33/h7,9-10,15-16,19-20,25,28,31-32,37-39,41,45-46,67H,8,11-14,17-18,21-24,26-27,29-30,57-58H2,1-6H3,(H,59,72)(H,60,73)(H,62,71)(H,63,68)(H,75,76)(H,77,78)/t32-,37-,38-,39-,41?,45-,46-/m0/s1. The summed E-state index contributed by atoms with van der Waals surface area (Å²) in [6.07, 6.45) is 3.25. The number of benzene rings is 2. The van der Waals surface area contributed by atoms with E-state index in [9.17, 15) is 57.8 Å². The molecule has 1 aliphatic rings. The number of thioether (sulfide) groups is 1. The van der Waals surface area contributed by atoms with Crippen molar-refractivity contribution in [2.45, 2.75) is 147 Å². The summed E-state index contributed by atoms with van der Waals surface area (Å²) < 4.78 is 31.3. The summed E-state index contributed by atoms with van der Waals surface area (Å²) in [6, 6.07) is 5.57. The molecular formula is C54H76F2N10O12S. The van der Waals surface area contributed by atoms with E-state index in [-0.39, 0.29) is 87.6 Å². The first-order valence-electron chi connectivity index (χ1n) is 26.3. The van der Waals surface area contributed by atoms with Crippen LogP contribution in [0.2, 0.25) is 0 Å². The maximum atomic E-state index is 15.1. The second-order valence-corrected chi connectivity index (χ2v) is 22.2. The summed E-state index contributed by atoms with van der Waals surface area (Å²) in [6.45, 7) is 9.78. The van der Waals surface area contributed by atoms with E-state index in [4.69, 9.17) is 21.6 Å². The molecule has 1 unspecified atom stereocenters. The molecular weight excluding hydrogens is 1050 g/mol. The molecule has 1 saturated heterocycles. The number of amides is 7. The van der Waals surface area contributed by atoms with Crippen molar-refractivity contribution >= 4 is 65.1 Å². The number of hydrogen-bond donors (Lipinski definition) is 9. The van der Waals surface area contributed by atoms with Crippen molar-refractivity contribution in [2.24, 2.45) is 22.8 Å². The van der Waals surface area contributed by atoms with E-state index in [0.717, 1.165) is 40.4 Å². The Kier molecular flexibility index (Phi) is 25.0. The van der Waals surface area contributed by atoms with Crippen LogP contribution in [0.25, 0.3) is 11.3 Å². The zero-order chi connectivity index (χ0) is 58.7. The van der Waals surface area contributed by atoms with Crippen LogP contribution in [0.5, 0.6) is 0 Å². The normalized spacial score (nSPS) is 15.9. The van der Waals surface area contributed by atoms with Crippen LogP contribution in [0, 0.1) is 23.0 Å². The van der Waals surface area contributed by atoms with Gasteiger partial charge in [-0.2, -0.15) is 0 Å². The van der Waals surface area contributed by atoms with E-state index in [1.165, 1.54) is 11.8 Å². The minimum atomic E-state index is -1.35. The Hall–Kier alpha value is -6.83. The number of aliphatic hydroxyl groups excluding tert-OH is 1. The van der Waals surface area contributed by atoms with Crippen LogP contribution in [-0.4, -0.2) is 155 Å². The number of unbranched alkanes of at least 4 members (excludes halogenated alkanes) is 3. The number of likely N-dealkylation sites (tertiary alicyclic amines) is 1. The Morgan fingerprint density at radius 3 is 2.18 bits per heavy atom. The maximum Gasteiger partial charge on any atom is 0.326 e. The van der Waals surface area contributed by atoms with Gasteiger partial charge < -0.3 is 57.5 Å². The fraction of sp³-hybridized carbons (Fsp3) is 0.556. The van der Waals surface area contributed by atoms with Crippen molar-refractivity contribution < 1.29 is 67.3 Å². The lowest BCUT2D eigenvalue weighted by molar-refractivity contribution is -0.142. The molecule has 7 amide bonds. The van der Waals surface area contributed by atoms with E-state index in [0.29, 0.717) is 25.1 Å². The third kappa shape index (κ3) is 19.5. The summed E-state index contributed by atoms with van der Waals surface area (Å²) in [5, 5.41) is 38.7. The molecule has 3 aromatic rings. The molecule has 4 rings (SSSR count). The summed E-state index contributed by atoms with van der Waals surface area (Å²) in [7, 11) is 0. The Balaban J connectivity index is 1.24. The number of imidazole rings is 1. The number of aliphatic hydroxyl groups is 1. The highest BCUT2D eigenvalue weighted by molar-refractivity contribution is 8.00. The van der Waals surface area contributed by atoms with Gasteiger partial charge in [-0.05, 0) is 80.5 Å². The number of carbonyl (C=O) groups excluding carboxylic acids is 7. The number of aromatic nitrogens is 2. The van der Waals surface area contributed by atoms with Gasteiger partial charge >= 0.3 is 11.9 Å². The summed E-state index contributed by atoms with van der Waals surface area (Å²) in [5.74, 6) is -7.96. The molecule has 7 atom stereocenters. The molecule has 0 saturated carbocycles. The Morgan fingerprint density at radius 1 is 0.848 bits per heavy atom. The fourth-order valence-electron chi connectivity index (χ4n) is 8.83. The highest BCUT2D eigenvalue weighted by Crippen LogP contribution is 2.40. The van der Waals surface area contributed by atoms with Crippen molar-refractivity contribution in [3.05, 3.63) is 77.8 Å². The molecule has 11 N–H and O–H groups in total. The molecule has 2 aromatic carbocycles. The van der Waals surface area contributed by atoms with Gasteiger partial charge in [0.1, 0.15) is 48.2 Å². The molecule has 1 aliphatic heterocycles. The predicted octanol–water partition coefficient (Wildman–Crippen LogP) is 2.84. The van der Waals surface area contributed by atoms with Gasteiger partial charge in [0.25, 0.3) is 0 Å². The van der Waals surface area contributed by atoms with Crippen LogP contribution < -0.4 is 32.7 Å². The van der Waals surface area contributed by atoms with Crippen molar-refractivity contribution in [3.63, 3.8) is 0 Å². The lowest BCUT2D eigenvalue weighted by atomic mass is 9.84. The first kappa shape index (κ1) is 64.7. The minimum Gasteiger partial charge on any atom is -0.480 e. The lowest BCUT2D eigenvalue weighted by Gasteiger charge is -2.40. The fourth-order valence-corrected chi connectivity index (χ4v) is 9.94. The Morgan fingerprint density at radius 2 is 1.54 bits per heavy atom. The number of nitrogens with zero attached hydrogens (tertiary/aromatic N) is 4. The van der Waals surface area contributed by atoms with Crippen LogP contribution in [0.1, 0.15) is 117 Å². The Labute approximate surface area is 462 Å². The molecule has 1 aromatic heterocycles. The lowest BCUT2D eigenvalue weighted by Crippen LogP contribution is -2.56. The molecule has 0 bridgehead atoms. The second-order valence-electron chi connectivity index (χ2n) is 21.0. The number of aliphatic carboxylic acids is 2.